The van der Waals surface area contributed by atoms with E-state index in [1.165, 1.54) is 4.90 Å². The molecule has 0 bridgehead atoms. The molecule has 4 aromatic rings. The second kappa shape index (κ2) is 11.9. The molecule has 40 heavy (non-hydrogen) atoms. The van der Waals surface area contributed by atoms with Crippen molar-refractivity contribution >= 4 is 17.4 Å². The van der Waals surface area contributed by atoms with Crippen LogP contribution in [0.25, 0.3) is 5.76 Å². The van der Waals surface area contributed by atoms with Crippen LogP contribution in [-0.2, 0) is 22.7 Å². The van der Waals surface area contributed by atoms with Crippen LogP contribution in [0.15, 0.2) is 97.1 Å². The number of hydrogen-bond donors (Lipinski definition) is 1. The molecule has 1 amide bonds. The summed E-state index contributed by atoms with van der Waals surface area (Å²) in [6.45, 7) is 3.42. The highest BCUT2D eigenvalue weighted by molar-refractivity contribution is 6.46. The third kappa shape index (κ3) is 5.76. The van der Waals surface area contributed by atoms with Gasteiger partial charge in [-0.3, -0.25) is 9.59 Å². The number of aliphatic hydroxyl groups is 1. The average Bonchev–Trinajstić information content (AvgIpc) is 3.58. The van der Waals surface area contributed by atoms with Crippen LogP contribution < -0.4 is 9.47 Å². The number of aliphatic hydroxyl groups excluding tert-OH is 1. The van der Waals surface area contributed by atoms with Gasteiger partial charge in [0.2, 0.25) is 0 Å². The SMILES string of the molecule is COc1ccc([C@@H]2/C(=C(\O)c3ccc(OCc4cccc(C)c4)cc3)C(=O)C(=O)N2CCCn2ccnc2)cc1. The maximum atomic E-state index is 13.3. The highest BCUT2D eigenvalue weighted by Gasteiger charge is 2.45. The van der Waals surface area contributed by atoms with Crippen molar-refractivity contribution in [2.75, 3.05) is 13.7 Å². The number of imidazole rings is 1. The first-order valence-electron chi connectivity index (χ1n) is 13.1. The number of rotatable bonds is 10. The Hall–Kier alpha value is -4.85. The number of ketones is 1. The monoisotopic (exact) mass is 537 g/mol. The largest absolute Gasteiger partial charge is 0.507 e. The maximum absolute atomic E-state index is 13.3. The lowest BCUT2D eigenvalue weighted by Crippen LogP contribution is -2.31. The summed E-state index contributed by atoms with van der Waals surface area (Å²) in [5.41, 5.74) is 3.41. The summed E-state index contributed by atoms with van der Waals surface area (Å²) in [6.07, 6.45) is 5.87. The van der Waals surface area contributed by atoms with Gasteiger partial charge >= 0.3 is 0 Å². The van der Waals surface area contributed by atoms with Gasteiger partial charge in [0.1, 0.15) is 23.9 Å². The zero-order chi connectivity index (χ0) is 28.1. The van der Waals surface area contributed by atoms with Crippen LogP contribution in [0.4, 0.5) is 0 Å². The van der Waals surface area contributed by atoms with Crippen LogP contribution in [-0.4, -0.2) is 44.9 Å². The van der Waals surface area contributed by atoms with Crippen molar-refractivity contribution in [3.05, 3.63) is 119 Å². The van der Waals surface area contributed by atoms with Gasteiger partial charge in [0, 0.05) is 31.0 Å². The van der Waals surface area contributed by atoms with E-state index in [2.05, 4.69) is 11.1 Å². The van der Waals surface area contributed by atoms with Gasteiger partial charge in [-0.15, -0.1) is 0 Å². The maximum Gasteiger partial charge on any atom is 0.295 e. The molecule has 1 aromatic heterocycles. The van der Waals surface area contributed by atoms with Crippen LogP contribution in [0.2, 0.25) is 0 Å². The fraction of sp³-hybridized carbons (Fsp3) is 0.219. The third-order valence-electron chi connectivity index (χ3n) is 6.96. The zero-order valence-electron chi connectivity index (χ0n) is 22.5. The van der Waals surface area contributed by atoms with Crippen molar-refractivity contribution in [1.29, 1.82) is 0 Å². The molecule has 1 fully saturated rings. The summed E-state index contributed by atoms with van der Waals surface area (Å²) < 4.78 is 13.1. The number of hydrogen-bond acceptors (Lipinski definition) is 6. The highest BCUT2D eigenvalue weighted by Crippen LogP contribution is 2.40. The zero-order valence-corrected chi connectivity index (χ0v) is 22.5. The minimum absolute atomic E-state index is 0.0613. The van der Waals surface area contributed by atoms with Gasteiger partial charge in [-0.05, 0) is 60.9 Å². The molecule has 1 atom stereocenters. The Labute approximate surface area is 233 Å². The first-order chi connectivity index (χ1) is 19.4. The van der Waals surface area contributed by atoms with E-state index in [9.17, 15) is 14.7 Å². The van der Waals surface area contributed by atoms with E-state index in [0.717, 1.165) is 11.1 Å². The summed E-state index contributed by atoms with van der Waals surface area (Å²) in [4.78, 5) is 32.1. The minimum Gasteiger partial charge on any atom is -0.507 e. The molecule has 8 heteroatoms. The van der Waals surface area contributed by atoms with E-state index < -0.39 is 17.7 Å². The Morgan fingerprint density at radius 1 is 0.975 bits per heavy atom. The lowest BCUT2D eigenvalue weighted by molar-refractivity contribution is -0.139. The normalized spacial score (nSPS) is 16.4. The van der Waals surface area contributed by atoms with Crippen molar-refractivity contribution in [2.24, 2.45) is 0 Å². The Balaban J connectivity index is 1.41. The third-order valence-corrected chi connectivity index (χ3v) is 6.96. The smallest absolute Gasteiger partial charge is 0.295 e. The van der Waals surface area contributed by atoms with Gasteiger partial charge in [-0.25, -0.2) is 4.98 Å². The minimum atomic E-state index is -0.731. The average molecular weight is 538 g/mol. The number of carbonyl (C=O) groups excluding carboxylic acids is 2. The number of carbonyl (C=O) groups is 2. The van der Waals surface area contributed by atoms with Crippen LogP contribution in [0, 0.1) is 6.92 Å². The predicted molar refractivity (Wildman–Crippen MR) is 151 cm³/mol. The topological polar surface area (TPSA) is 93.9 Å². The number of aromatic nitrogens is 2. The Morgan fingerprint density at radius 2 is 1.73 bits per heavy atom. The quantitative estimate of drug-likeness (QED) is 0.168. The summed E-state index contributed by atoms with van der Waals surface area (Å²) in [7, 11) is 1.57. The first-order valence-corrected chi connectivity index (χ1v) is 13.1. The predicted octanol–water partition coefficient (Wildman–Crippen LogP) is 5.29. The molecule has 0 spiro atoms. The second-order valence-electron chi connectivity index (χ2n) is 9.72. The van der Waals surface area contributed by atoms with E-state index in [0.29, 0.717) is 48.7 Å². The number of Topliss-reactive ketones (excluding diaryl/α,β-unsaturated/α-hetero) is 1. The number of likely N-dealkylation sites (tertiary alicyclic amines) is 1. The molecule has 0 radical (unpaired) electrons. The van der Waals surface area contributed by atoms with Crippen LogP contribution in [0.5, 0.6) is 11.5 Å². The van der Waals surface area contributed by atoms with Crippen molar-refractivity contribution in [1.82, 2.24) is 14.5 Å². The molecule has 8 nitrogen and oxygen atoms in total. The molecule has 0 unspecified atom stereocenters. The molecule has 0 aliphatic carbocycles. The molecule has 1 N–H and O–H groups in total. The first kappa shape index (κ1) is 26.7. The molecule has 3 aromatic carbocycles. The molecule has 5 rings (SSSR count). The van der Waals surface area contributed by atoms with Crippen molar-refractivity contribution in [3.63, 3.8) is 0 Å². The number of benzene rings is 3. The van der Waals surface area contributed by atoms with E-state index in [1.54, 1.807) is 56.0 Å². The Bertz CT molecular complexity index is 1510. The number of methoxy groups -OCH3 is 1. The molecule has 0 saturated carbocycles. The molecule has 1 aliphatic heterocycles. The molecule has 1 aliphatic rings. The van der Waals surface area contributed by atoms with Crippen molar-refractivity contribution in [2.45, 2.75) is 32.5 Å². The van der Waals surface area contributed by atoms with Crippen LogP contribution in [0.3, 0.4) is 0 Å². The molecule has 204 valence electrons. The number of aryl methyl sites for hydroxylation is 2. The molecule has 1 saturated heterocycles. The number of nitrogens with zero attached hydrogens (tertiary/aromatic N) is 3. The Morgan fingerprint density at radius 3 is 2.40 bits per heavy atom. The lowest BCUT2D eigenvalue weighted by atomic mass is 9.95. The van der Waals surface area contributed by atoms with Gasteiger partial charge in [-0.2, -0.15) is 0 Å². The van der Waals surface area contributed by atoms with Gasteiger partial charge in [0.25, 0.3) is 11.7 Å². The molecular weight excluding hydrogens is 506 g/mol. The molecular formula is C32H31N3O5. The van der Waals surface area contributed by atoms with Crippen LogP contribution in [0.1, 0.15) is 34.7 Å². The summed E-state index contributed by atoms with van der Waals surface area (Å²) in [6, 6.07) is 21.4. The fourth-order valence-corrected chi connectivity index (χ4v) is 4.92. The van der Waals surface area contributed by atoms with E-state index >= 15 is 0 Å². The van der Waals surface area contributed by atoms with Gasteiger partial charge in [-0.1, -0.05) is 42.0 Å². The van der Waals surface area contributed by atoms with E-state index in [-0.39, 0.29) is 11.3 Å². The fourth-order valence-electron chi connectivity index (χ4n) is 4.92. The summed E-state index contributed by atoms with van der Waals surface area (Å²) in [5.74, 6) is -0.278. The highest BCUT2D eigenvalue weighted by atomic mass is 16.5. The van der Waals surface area contributed by atoms with Gasteiger partial charge in [0.05, 0.1) is 25.1 Å². The van der Waals surface area contributed by atoms with E-state index in [4.69, 9.17) is 9.47 Å². The summed E-state index contributed by atoms with van der Waals surface area (Å²) in [5, 5.41) is 11.4. The lowest BCUT2D eigenvalue weighted by Gasteiger charge is -2.25. The van der Waals surface area contributed by atoms with Gasteiger partial charge in [0.15, 0.2) is 0 Å². The summed E-state index contributed by atoms with van der Waals surface area (Å²) >= 11 is 0. The van der Waals surface area contributed by atoms with Gasteiger partial charge < -0.3 is 24.0 Å². The Kier molecular flexibility index (Phi) is 7.96. The van der Waals surface area contributed by atoms with Crippen molar-refractivity contribution < 1.29 is 24.2 Å². The van der Waals surface area contributed by atoms with Crippen molar-refractivity contribution in [3.8, 4) is 11.5 Å². The van der Waals surface area contributed by atoms with Crippen LogP contribution >= 0.6 is 0 Å². The second-order valence-corrected chi connectivity index (χ2v) is 9.72. The number of ether oxygens (including phenoxy) is 2. The standard InChI is InChI=1S/C32H31N3O5/c1-22-5-3-6-23(19-22)20-40-27-13-9-25(10-14-27)30(36)28-29(24-7-11-26(39-2)12-8-24)35(32(38)31(28)37)17-4-16-34-18-15-33-21-34/h3,5-15,18-19,21,29,36H,4,16-17,20H2,1-2H3/b30-28+/t29-/m1/s1. The number of amides is 1. The van der Waals surface area contributed by atoms with E-state index in [1.807, 2.05) is 48.0 Å². The molecule has 2 heterocycles.